The van der Waals surface area contributed by atoms with Crippen LogP contribution >= 0.6 is 27.3 Å². The Kier molecular flexibility index (Phi) is 3.56. The molecule has 0 amide bonds. The van der Waals surface area contributed by atoms with Crippen molar-refractivity contribution in [3.8, 4) is 0 Å². The highest BCUT2D eigenvalue weighted by Crippen LogP contribution is 2.39. The van der Waals surface area contributed by atoms with E-state index in [-0.39, 0.29) is 0 Å². The van der Waals surface area contributed by atoms with E-state index in [4.69, 9.17) is 5.11 Å². The van der Waals surface area contributed by atoms with Gasteiger partial charge in [0.15, 0.2) is 0 Å². The van der Waals surface area contributed by atoms with E-state index in [1.165, 1.54) is 10.4 Å². The molecule has 0 saturated heterocycles. The summed E-state index contributed by atoms with van der Waals surface area (Å²) < 4.78 is 0.836. The minimum absolute atomic E-state index is 0.307. The van der Waals surface area contributed by atoms with Gasteiger partial charge in [0.2, 0.25) is 0 Å². The van der Waals surface area contributed by atoms with Gasteiger partial charge in [-0.2, -0.15) is 0 Å². The van der Waals surface area contributed by atoms with Gasteiger partial charge in [0.1, 0.15) is 0 Å². The predicted octanol–water partition coefficient (Wildman–Crippen LogP) is 4.33. The number of carboxylic acid groups (broad SMARTS) is 1. The average molecular weight is 352 g/mol. The van der Waals surface area contributed by atoms with Crippen LogP contribution in [-0.2, 0) is 6.42 Å². The fourth-order valence-corrected chi connectivity index (χ4v) is 4.28. The minimum atomic E-state index is -0.899. The molecule has 1 atom stereocenters. The molecule has 20 heavy (non-hydrogen) atoms. The van der Waals surface area contributed by atoms with Gasteiger partial charge in [-0.1, -0.05) is 0 Å². The van der Waals surface area contributed by atoms with Crippen molar-refractivity contribution in [2.24, 2.45) is 0 Å². The fraction of sp³-hybridized carbons (Fsp3) is 0.267. The number of carboxylic acids is 1. The van der Waals surface area contributed by atoms with Crippen LogP contribution in [0.4, 0.5) is 5.69 Å². The molecule has 0 bridgehead atoms. The number of benzene rings is 1. The Morgan fingerprint density at radius 3 is 2.95 bits per heavy atom. The second-order valence-corrected chi connectivity index (χ2v) is 6.74. The molecule has 1 aliphatic heterocycles. The number of fused-ring (bicyclic) bond motifs is 1. The number of anilines is 1. The Hall–Kier alpha value is -1.33. The molecule has 2 aromatic rings. The van der Waals surface area contributed by atoms with Crippen molar-refractivity contribution in [3.05, 3.63) is 50.1 Å². The summed E-state index contributed by atoms with van der Waals surface area (Å²) in [5.74, 6) is -0.899. The van der Waals surface area contributed by atoms with E-state index in [1.807, 2.05) is 17.4 Å². The van der Waals surface area contributed by atoms with Crippen LogP contribution in [0.2, 0.25) is 0 Å². The summed E-state index contributed by atoms with van der Waals surface area (Å²) in [5, 5.41) is 11.2. The zero-order valence-electron chi connectivity index (χ0n) is 11.0. The minimum Gasteiger partial charge on any atom is -0.478 e. The molecule has 1 unspecified atom stereocenters. The highest BCUT2D eigenvalue weighted by molar-refractivity contribution is 9.10. The molecule has 3 rings (SSSR count). The van der Waals surface area contributed by atoms with Gasteiger partial charge in [-0.3, -0.25) is 0 Å². The summed E-state index contributed by atoms with van der Waals surface area (Å²) in [6.07, 6.45) is 1.05. The van der Waals surface area contributed by atoms with Gasteiger partial charge in [0, 0.05) is 15.9 Å². The van der Waals surface area contributed by atoms with Crippen LogP contribution in [0, 0.1) is 0 Å². The van der Waals surface area contributed by atoms with Crippen molar-refractivity contribution in [1.82, 2.24) is 0 Å². The van der Waals surface area contributed by atoms with Gasteiger partial charge in [-0.25, -0.2) is 4.79 Å². The Balaban J connectivity index is 1.96. The fourth-order valence-electron chi connectivity index (χ4n) is 2.71. The third kappa shape index (κ3) is 2.25. The molecule has 1 aliphatic rings. The SMILES string of the molecule is CC1c2ccsc2CCN1c1ccc(C(=O)O)cc1Br. The molecular formula is C15H14BrNO2S. The smallest absolute Gasteiger partial charge is 0.335 e. The molecule has 1 N–H and O–H groups in total. The topological polar surface area (TPSA) is 40.5 Å². The molecule has 5 heteroatoms. The molecule has 0 fully saturated rings. The molecule has 3 nitrogen and oxygen atoms in total. The van der Waals surface area contributed by atoms with E-state index in [0.717, 1.165) is 23.1 Å². The summed E-state index contributed by atoms with van der Waals surface area (Å²) in [7, 11) is 0. The molecule has 0 spiro atoms. The lowest BCUT2D eigenvalue weighted by Crippen LogP contribution is -2.33. The van der Waals surface area contributed by atoms with Gasteiger partial charge in [-0.05, 0) is 64.5 Å². The van der Waals surface area contributed by atoms with E-state index in [9.17, 15) is 4.79 Å². The highest BCUT2D eigenvalue weighted by Gasteiger charge is 2.26. The van der Waals surface area contributed by atoms with Gasteiger partial charge in [0.05, 0.1) is 17.3 Å². The third-order valence-electron chi connectivity index (χ3n) is 3.78. The molecule has 0 saturated carbocycles. The Morgan fingerprint density at radius 1 is 1.45 bits per heavy atom. The van der Waals surface area contributed by atoms with Crippen LogP contribution in [0.5, 0.6) is 0 Å². The maximum atomic E-state index is 11.0. The lowest BCUT2D eigenvalue weighted by atomic mass is 10.0. The summed E-state index contributed by atoms with van der Waals surface area (Å²) >= 11 is 5.33. The van der Waals surface area contributed by atoms with Crippen molar-refractivity contribution in [2.75, 3.05) is 11.4 Å². The van der Waals surface area contributed by atoms with Gasteiger partial charge < -0.3 is 10.0 Å². The van der Waals surface area contributed by atoms with Crippen molar-refractivity contribution in [3.63, 3.8) is 0 Å². The average Bonchev–Trinajstić information content (AvgIpc) is 2.89. The maximum absolute atomic E-state index is 11.0. The summed E-state index contributed by atoms with van der Waals surface area (Å²) in [4.78, 5) is 14.8. The lowest BCUT2D eigenvalue weighted by molar-refractivity contribution is 0.0697. The second-order valence-electron chi connectivity index (χ2n) is 4.89. The number of hydrogen-bond donors (Lipinski definition) is 1. The largest absolute Gasteiger partial charge is 0.478 e. The first-order valence-electron chi connectivity index (χ1n) is 6.43. The number of halogens is 1. The van der Waals surface area contributed by atoms with Gasteiger partial charge in [0.25, 0.3) is 0 Å². The molecule has 104 valence electrons. The number of hydrogen-bond acceptors (Lipinski definition) is 3. The van der Waals surface area contributed by atoms with Crippen molar-refractivity contribution < 1.29 is 9.90 Å². The third-order valence-corrected chi connectivity index (χ3v) is 5.41. The Bertz CT molecular complexity index is 668. The summed E-state index contributed by atoms with van der Waals surface area (Å²) in [6, 6.07) is 7.74. The lowest BCUT2D eigenvalue weighted by Gasteiger charge is -2.36. The number of nitrogens with zero attached hydrogens (tertiary/aromatic N) is 1. The number of rotatable bonds is 2. The molecular weight excluding hydrogens is 338 g/mol. The summed E-state index contributed by atoms with van der Waals surface area (Å²) in [5.41, 5.74) is 2.75. The van der Waals surface area contributed by atoms with Crippen LogP contribution < -0.4 is 4.90 Å². The van der Waals surface area contributed by atoms with Crippen molar-refractivity contribution >= 4 is 38.9 Å². The van der Waals surface area contributed by atoms with Crippen molar-refractivity contribution in [1.29, 1.82) is 0 Å². The van der Waals surface area contributed by atoms with Gasteiger partial charge >= 0.3 is 5.97 Å². The maximum Gasteiger partial charge on any atom is 0.335 e. The van der Waals surface area contributed by atoms with E-state index < -0.39 is 5.97 Å². The van der Waals surface area contributed by atoms with Crippen molar-refractivity contribution in [2.45, 2.75) is 19.4 Å². The Labute approximate surface area is 130 Å². The predicted molar refractivity (Wildman–Crippen MR) is 84.9 cm³/mol. The van der Waals surface area contributed by atoms with E-state index in [1.54, 1.807) is 12.1 Å². The van der Waals surface area contributed by atoms with Crippen LogP contribution in [0.3, 0.4) is 0 Å². The standard InChI is InChI=1S/C15H14BrNO2S/c1-9-11-5-7-20-14(11)4-6-17(9)13-3-2-10(15(18)19)8-12(13)16/h2-3,5,7-9H,4,6H2,1H3,(H,18,19). The van der Waals surface area contributed by atoms with Crippen LogP contribution in [-0.4, -0.2) is 17.6 Å². The van der Waals surface area contributed by atoms with Gasteiger partial charge in [-0.15, -0.1) is 11.3 Å². The monoisotopic (exact) mass is 351 g/mol. The molecule has 2 heterocycles. The van der Waals surface area contributed by atoms with E-state index >= 15 is 0 Å². The molecule has 1 aromatic carbocycles. The molecule has 0 aliphatic carbocycles. The highest BCUT2D eigenvalue weighted by atomic mass is 79.9. The zero-order chi connectivity index (χ0) is 14.3. The first kappa shape index (κ1) is 13.6. The van der Waals surface area contributed by atoms with Crippen LogP contribution in [0.1, 0.15) is 33.8 Å². The number of thiophene rings is 1. The molecule has 1 aromatic heterocycles. The zero-order valence-corrected chi connectivity index (χ0v) is 13.4. The first-order valence-corrected chi connectivity index (χ1v) is 8.11. The van der Waals surface area contributed by atoms with E-state index in [0.29, 0.717) is 11.6 Å². The molecule has 0 radical (unpaired) electrons. The van der Waals surface area contributed by atoms with Crippen LogP contribution in [0.15, 0.2) is 34.1 Å². The summed E-state index contributed by atoms with van der Waals surface area (Å²) in [6.45, 7) is 3.15. The van der Waals surface area contributed by atoms with E-state index in [2.05, 4.69) is 39.2 Å². The normalized spacial score (nSPS) is 17.9. The number of carbonyl (C=O) groups is 1. The Morgan fingerprint density at radius 2 is 2.25 bits per heavy atom. The van der Waals surface area contributed by atoms with Crippen LogP contribution in [0.25, 0.3) is 0 Å². The second kappa shape index (κ2) is 5.22. The first-order chi connectivity index (χ1) is 9.58. The number of aromatic carboxylic acids is 1. The quantitative estimate of drug-likeness (QED) is 0.875.